The zero-order valence-electron chi connectivity index (χ0n) is 14.5. The Morgan fingerprint density at radius 3 is 1.16 bits per heavy atom. The first-order valence-electron chi connectivity index (χ1n) is 8.03. The van der Waals surface area contributed by atoms with Crippen molar-refractivity contribution >= 4 is 45.5 Å². The number of carbonyl (C=O) groups is 2. The first kappa shape index (κ1) is 20.1. The van der Waals surface area contributed by atoms with E-state index in [1.807, 2.05) is 11.8 Å². The molecule has 0 unspecified atom stereocenters. The molecular weight excluding hydrogens is 368 g/mol. The molecule has 0 aliphatic carbocycles. The van der Waals surface area contributed by atoms with Crippen LogP contribution in [0.5, 0.6) is 0 Å². The number of rotatable bonds is 8. The Balaban J connectivity index is 1.74. The summed E-state index contributed by atoms with van der Waals surface area (Å²) in [5, 5.41) is 0.316. The Morgan fingerprint density at radius 1 is 0.600 bits per heavy atom. The molecule has 0 amide bonds. The van der Waals surface area contributed by atoms with Crippen LogP contribution in [-0.4, -0.2) is 10.2 Å². The summed E-state index contributed by atoms with van der Waals surface area (Å²) in [6, 6.07) is 17.0. The highest BCUT2D eigenvalue weighted by atomic mass is 32.2. The Hall–Kier alpha value is -1.17. The second-order valence-corrected chi connectivity index (χ2v) is 8.98. The normalized spacial score (nSPS) is 10.6. The summed E-state index contributed by atoms with van der Waals surface area (Å²) in [4.78, 5) is 22.0. The van der Waals surface area contributed by atoms with Crippen molar-refractivity contribution in [2.45, 2.75) is 36.9 Å². The third-order valence-electron chi connectivity index (χ3n) is 3.47. The van der Waals surface area contributed by atoms with Crippen LogP contribution >= 0.6 is 35.3 Å². The molecule has 2 aromatic carbocycles. The summed E-state index contributed by atoms with van der Waals surface area (Å²) in [5.74, 6) is 3.44. The molecule has 0 aliphatic heterocycles. The topological polar surface area (TPSA) is 34.1 Å². The first-order valence-corrected chi connectivity index (χ1v) is 11.2. The molecule has 0 radical (unpaired) electrons. The molecule has 132 valence electrons. The number of carbonyl (C=O) groups excluding carboxylic acids is 2. The smallest absolute Gasteiger partial charge is 0.186 e. The lowest BCUT2D eigenvalue weighted by Crippen LogP contribution is -1.89. The summed E-state index contributed by atoms with van der Waals surface area (Å²) in [7, 11) is 0. The minimum Gasteiger partial charge on any atom is -0.288 e. The van der Waals surface area contributed by atoms with Gasteiger partial charge in [-0.1, -0.05) is 72.1 Å². The van der Waals surface area contributed by atoms with Gasteiger partial charge in [-0.05, 0) is 22.3 Å². The van der Waals surface area contributed by atoms with E-state index in [-0.39, 0.29) is 10.2 Å². The number of thioether (sulfide) groups is 3. The third-order valence-corrected chi connectivity index (χ3v) is 6.31. The van der Waals surface area contributed by atoms with E-state index in [2.05, 4.69) is 48.5 Å². The van der Waals surface area contributed by atoms with Crippen LogP contribution in [0.3, 0.4) is 0 Å². The molecule has 0 fully saturated rings. The number of benzene rings is 2. The molecule has 2 aromatic rings. The van der Waals surface area contributed by atoms with Crippen molar-refractivity contribution in [3.8, 4) is 0 Å². The summed E-state index contributed by atoms with van der Waals surface area (Å²) in [5.41, 5.74) is 4.98. The van der Waals surface area contributed by atoms with Crippen molar-refractivity contribution in [1.29, 1.82) is 0 Å². The second kappa shape index (κ2) is 10.7. The summed E-state index contributed by atoms with van der Waals surface area (Å²) in [6.07, 6.45) is 0. The van der Waals surface area contributed by atoms with Crippen molar-refractivity contribution < 1.29 is 9.59 Å². The highest BCUT2D eigenvalue weighted by molar-refractivity contribution is 8.13. The van der Waals surface area contributed by atoms with Crippen LogP contribution in [0.1, 0.15) is 36.1 Å². The summed E-state index contributed by atoms with van der Waals surface area (Å²) >= 11 is 4.58. The maximum Gasteiger partial charge on any atom is 0.186 e. The van der Waals surface area contributed by atoms with Gasteiger partial charge in [0.05, 0.1) is 0 Å². The van der Waals surface area contributed by atoms with Gasteiger partial charge >= 0.3 is 0 Å². The molecule has 2 rings (SSSR count). The van der Waals surface area contributed by atoms with Crippen LogP contribution in [0.25, 0.3) is 0 Å². The van der Waals surface area contributed by atoms with E-state index < -0.39 is 0 Å². The molecule has 0 spiro atoms. The lowest BCUT2D eigenvalue weighted by atomic mass is 10.2. The Bertz CT molecular complexity index is 632. The number of hydrogen-bond acceptors (Lipinski definition) is 5. The maximum absolute atomic E-state index is 11.0. The van der Waals surface area contributed by atoms with Crippen molar-refractivity contribution in [2.75, 3.05) is 0 Å². The van der Waals surface area contributed by atoms with Gasteiger partial charge in [-0.25, -0.2) is 0 Å². The van der Waals surface area contributed by atoms with Crippen LogP contribution in [-0.2, 0) is 32.6 Å². The zero-order valence-corrected chi connectivity index (χ0v) is 16.9. The van der Waals surface area contributed by atoms with Crippen LogP contribution < -0.4 is 0 Å². The highest BCUT2D eigenvalue weighted by Gasteiger charge is 2.01. The van der Waals surface area contributed by atoms with Crippen LogP contribution in [0, 0.1) is 0 Å². The predicted molar refractivity (Wildman–Crippen MR) is 112 cm³/mol. The fourth-order valence-electron chi connectivity index (χ4n) is 2.12. The van der Waals surface area contributed by atoms with Gasteiger partial charge in [0.25, 0.3) is 0 Å². The lowest BCUT2D eigenvalue weighted by Gasteiger charge is -2.05. The molecule has 0 N–H and O–H groups in total. The molecule has 0 bridgehead atoms. The van der Waals surface area contributed by atoms with Gasteiger partial charge in [-0.2, -0.15) is 11.8 Å². The van der Waals surface area contributed by atoms with Crippen molar-refractivity contribution in [1.82, 2.24) is 0 Å². The Morgan fingerprint density at radius 2 is 0.880 bits per heavy atom. The summed E-state index contributed by atoms with van der Waals surface area (Å²) < 4.78 is 0. The van der Waals surface area contributed by atoms with Gasteiger partial charge in [-0.15, -0.1) is 0 Å². The Kier molecular flexibility index (Phi) is 8.65. The molecule has 5 heteroatoms. The standard InChI is InChI=1S/C20H22O2S3/c1-15(21)24-13-19-7-3-17(4-8-19)11-23-12-18-5-9-20(10-6-18)14-25-16(2)22/h3-10H,11-14H2,1-2H3. The first-order chi connectivity index (χ1) is 12.0. The second-order valence-electron chi connectivity index (χ2n) is 5.69. The van der Waals surface area contributed by atoms with E-state index in [4.69, 9.17) is 0 Å². The maximum atomic E-state index is 11.0. The molecule has 0 aliphatic rings. The largest absolute Gasteiger partial charge is 0.288 e. The van der Waals surface area contributed by atoms with Crippen molar-refractivity contribution in [3.05, 3.63) is 70.8 Å². The molecule has 0 atom stereocenters. The van der Waals surface area contributed by atoms with E-state index >= 15 is 0 Å². The van der Waals surface area contributed by atoms with Gasteiger partial charge in [0.1, 0.15) is 0 Å². The van der Waals surface area contributed by atoms with Gasteiger partial charge in [0.15, 0.2) is 10.2 Å². The van der Waals surface area contributed by atoms with Gasteiger partial charge in [0, 0.05) is 36.9 Å². The summed E-state index contributed by atoms with van der Waals surface area (Å²) in [6.45, 7) is 3.20. The van der Waals surface area contributed by atoms with Gasteiger partial charge in [0.2, 0.25) is 0 Å². The van der Waals surface area contributed by atoms with E-state index in [0.717, 1.165) is 23.0 Å². The predicted octanol–water partition coefficient (Wildman–Crippen LogP) is 5.68. The third kappa shape index (κ3) is 8.17. The number of hydrogen-bond donors (Lipinski definition) is 0. The average Bonchev–Trinajstić information content (AvgIpc) is 2.60. The molecule has 0 saturated carbocycles. The minimum atomic E-state index is 0.158. The SMILES string of the molecule is CC(=O)SCc1ccc(CSCc2ccc(CSC(C)=O)cc2)cc1. The van der Waals surface area contributed by atoms with E-state index in [1.165, 1.54) is 45.8 Å². The van der Waals surface area contributed by atoms with Crippen LogP contribution in [0.4, 0.5) is 0 Å². The van der Waals surface area contributed by atoms with E-state index in [0.29, 0.717) is 0 Å². The lowest BCUT2D eigenvalue weighted by molar-refractivity contribution is -0.109. The van der Waals surface area contributed by atoms with Gasteiger partial charge < -0.3 is 0 Å². The van der Waals surface area contributed by atoms with Crippen LogP contribution in [0.15, 0.2) is 48.5 Å². The van der Waals surface area contributed by atoms with E-state index in [9.17, 15) is 9.59 Å². The minimum absolute atomic E-state index is 0.158. The highest BCUT2D eigenvalue weighted by Crippen LogP contribution is 2.21. The van der Waals surface area contributed by atoms with Crippen molar-refractivity contribution in [3.63, 3.8) is 0 Å². The Labute approximate surface area is 162 Å². The molecule has 0 heterocycles. The molecule has 25 heavy (non-hydrogen) atoms. The fraction of sp³-hybridized carbons (Fsp3) is 0.300. The molecular formula is C20H22O2S3. The molecule has 2 nitrogen and oxygen atoms in total. The quantitative estimate of drug-likeness (QED) is 0.579. The molecule has 0 saturated heterocycles. The van der Waals surface area contributed by atoms with Gasteiger partial charge in [-0.3, -0.25) is 9.59 Å². The van der Waals surface area contributed by atoms with Crippen molar-refractivity contribution in [2.24, 2.45) is 0 Å². The van der Waals surface area contributed by atoms with E-state index in [1.54, 1.807) is 13.8 Å². The average molecular weight is 391 g/mol. The van der Waals surface area contributed by atoms with Crippen LogP contribution in [0.2, 0.25) is 0 Å². The zero-order chi connectivity index (χ0) is 18.1. The molecule has 0 aromatic heterocycles. The monoisotopic (exact) mass is 390 g/mol. The fourth-order valence-corrected chi connectivity index (χ4v) is 4.20.